The second-order valence-electron chi connectivity index (χ2n) is 9.13. The summed E-state index contributed by atoms with van der Waals surface area (Å²) in [5, 5.41) is 15.3. The third kappa shape index (κ3) is 3.82. The van der Waals surface area contributed by atoms with Crippen molar-refractivity contribution in [2.24, 2.45) is 5.92 Å². The molecule has 0 spiro atoms. The smallest absolute Gasteiger partial charge is 0.337 e. The van der Waals surface area contributed by atoms with Crippen molar-refractivity contribution in [1.29, 1.82) is 5.26 Å². The quantitative estimate of drug-likeness (QED) is 0.512. The molecular weight excluding hydrogens is 482 g/mol. The maximum Gasteiger partial charge on any atom is 0.417 e. The molecule has 1 saturated carbocycles. The first-order valence-corrected chi connectivity index (χ1v) is 11.1. The minimum Gasteiger partial charge on any atom is -0.337 e. The second kappa shape index (κ2) is 8.25. The van der Waals surface area contributed by atoms with Crippen LogP contribution in [0.5, 0.6) is 0 Å². The largest absolute Gasteiger partial charge is 0.417 e. The number of aryl methyl sites for hydroxylation is 1. The van der Waals surface area contributed by atoms with Crippen molar-refractivity contribution in [2.75, 3.05) is 5.32 Å². The standard InChI is InChI=1S/C23H19F4N7O2/c1-11-5-14-9-22(8-11,20-30-12(2)33-36-20)34(14)21(35)32-18-6-15(16(7-17(18)24)23(25,26)27)19-29-4-3-13(10-28)31-19/h3-4,6-7,11,14H,5,8-9H2,1-2H3,(H,32,35). The SMILES string of the molecule is Cc1noc(C23CC(C)CC(C2)N3C(=O)Nc2cc(-c3nccc(C#N)n3)c(C(F)(F)F)cc2F)n1. The Labute approximate surface area is 202 Å². The Morgan fingerprint density at radius 3 is 2.75 bits per heavy atom. The number of nitrogens with zero attached hydrogens (tertiary/aromatic N) is 6. The first kappa shape index (κ1) is 23.7. The van der Waals surface area contributed by atoms with Crippen molar-refractivity contribution >= 4 is 11.7 Å². The van der Waals surface area contributed by atoms with Crippen molar-refractivity contribution in [3.63, 3.8) is 0 Å². The lowest BCUT2D eigenvalue weighted by atomic mass is 9.64. The van der Waals surface area contributed by atoms with Crippen molar-refractivity contribution in [1.82, 2.24) is 25.0 Å². The van der Waals surface area contributed by atoms with Gasteiger partial charge in [0.1, 0.15) is 23.1 Å². The molecule has 1 N–H and O–H groups in total. The van der Waals surface area contributed by atoms with Crippen LogP contribution in [0.25, 0.3) is 11.4 Å². The Hall–Kier alpha value is -4.08. The van der Waals surface area contributed by atoms with E-state index in [-0.39, 0.29) is 29.6 Å². The molecule has 2 amide bonds. The molecule has 5 rings (SSSR count). The van der Waals surface area contributed by atoms with Gasteiger partial charge in [-0.15, -0.1) is 0 Å². The number of likely N-dealkylation sites (tertiary alicyclic amines) is 1. The van der Waals surface area contributed by atoms with E-state index < -0.39 is 46.2 Å². The molecular formula is C23H19F4N7O2. The van der Waals surface area contributed by atoms with Crippen LogP contribution in [0.2, 0.25) is 0 Å². The van der Waals surface area contributed by atoms with Gasteiger partial charge in [-0.2, -0.15) is 23.4 Å². The summed E-state index contributed by atoms with van der Waals surface area (Å²) in [5.41, 5.74) is -3.42. The lowest BCUT2D eigenvalue weighted by Gasteiger charge is -2.61. The first-order chi connectivity index (χ1) is 17.0. The number of urea groups is 1. The minimum absolute atomic E-state index is 0.164. The van der Waals surface area contributed by atoms with Crippen LogP contribution in [0.3, 0.4) is 0 Å². The number of hydrogen-bond acceptors (Lipinski definition) is 7. The van der Waals surface area contributed by atoms with E-state index in [0.717, 1.165) is 12.3 Å². The Kier molecular flexibility index (Phi) is 5.42. The Morgan fingerprint density at radius 1 is 1.31 bits per heavy atom. The molecule has 1 aliphatic carbocycles. The van der Waals surface area contributed by atoms with E-state index in [4.69, 9.17) is 9.78 Å². The summed E-state index contributed by atoms with van der Waals surface area (Å²) in [7, 11) is 0. The van der Waals surface area contributed by atoms with Gasteiger partial charge in [0.05, 0.1) is 11.3 Å². The number of anilines is 1. The molecule has 9 nitrogen and oxygen atoms in total. The van der Waals surface area contributed by atoms with Crippen LogP contribution in [0.15, 0.2) is 28.9 Å². The number of fused-ring (bicyclic) bond motifs is 2. The monoisotopic (exact) mass is 501 g/mol. The van der Waals surface area contributed by atoms with Crippen LogP contribution < -0.4 is 5.32 Å². The number of aromatic nitrogens is 4. The molecule has 2 aromatic heterocycles. The number of benzene rings is 1. The molecule has 1 saturated heterocycles. The summed E-state index contributed by atoms with van der Waals surface area (Å²) in [4.78, 5) is 26.8. The predicted molar refractivity (Wildman–Crippen MR) is 116 cm³/mol. The molecule has 36 heavy (non-hydrogen) atoms. The molecule has 1 aliphatic heterocycles. The van der Waals surface area contributed by atoms with Gasteiger partial charge in [0.25, 0.3) is 5.89 Å². The van der Waals surface area contributed by atoms with E-state index >= 15 is 0 Å². The first-order valence-electron chi connectivity index (χ1n) is 11.1. The number of amides is 2. The zero-order chi connectivity index (χ0) is 25.8. The fraction of sp³-hybridized carbons (Fsp3) is 0.391. The van der Waals surface area contributed by atoms with Crippen LogP contribution in [0, 0.1) is 30.0 Å². The van der Waals surface area contributed by atoms with E-state index in [2.05, 4.69) is 25.4 Å². The molecule has 3 aromatic rings. The number of rotatable bonds is 3. The average Bonchev–Trinajstić information content (AvgIpc) is 3.25. The third-order valence-electron chi connectivity index (χ3n) is 6.57. The van der Waals surface area contributed by atoms with Crippen LogP contribution in [-0.4, -0.2) is 37.1 Å². The second-order valence-corrected chi connectivity index (χ2v) is 9.13. The highest BCUT2D eigenvalue weighted by atomic mass is 19.4. The molecule has 2 bridgehead atoms. The van der Waals surface area contributed by atoms with Crippen molar-refractivity contribution < 1.29 is 26.9 Å². The molecule has 2 fully saturated rings. The van der Waals surface area contributed by atoms with Crippen molar-refractivity contribution in [2.45, 2.75) is 50.9 Å². The molecule has 3 heterocycles. The van der Waals surface area contributed by atoms with Crippen molar-refractivity contribution in [3.8, 4) is 17.5 Å². The molecule has 3 unspecified atom stereocenters. The maximum absolute atomic E-state index is 14.9. The van der Waals surface area contributed by atoms with Crippen LogP contribution in [0.4, 0.5) is 28.0 Å². The van der Waals surface area contributed by atoms with E-state index in [0.29, 0.717) is 25.1 Å². The molecule has 186 valence electrons. The molecule has 0 radical (unpaired) electrons. The number of nitrogens with one attached hydrogen (secondary N) is 1. The molecule has 13 heteroatoms. The van der Waals surface area contributed by atoms with Gasteiger partial charge in [-0.1, -0.05) is 12.1 Å². The fourth-order valence-corrected chi connectivity index (χ4v) is 5.25. The lowest BCUT2D eigenvalue weighted by Crippen LogP contribution is -2.70. The van der Waals surface area contributed by atoms with Gasteiger partial charge >= 0.3 is 12.2 Å². The maximum atomic E-state index is 14.9. The Bertz CT molecular complexity index is 1400. The zero-order valence-corrected chi connectivity index (χ0v) is 19.1. The molecule has 2 aliphatic rings. The highest BCUT2D eigenvalue weighted by molar-refractivity contribution is 5.92. The molecule has 1 aromatic carbocycles. The van der Waals surface area contributed by atoms with Gasteiger partial charge in [-0.25, -0.2) is 19.2 Å². The van der Waals surface area contributed by atoms with Crippen LogP contribution in [-0.2, 0) is 11.7 Å². The minimum atomic E-state index is -4.94. The van der Waals surface area contributed by atoms with Gasteiger partial charge in [0.2, 0.25) is 0 Å². The van der Waals surface area contributed by atoms with Gasteiger partial charge in [-0.05, 0) is 43.9 Å². The number of carbonyl (C=O) groups excluding carboxylic acids is 1. The summed E-state index contributed by atoms with van der Waals surface area (Å²) in [5.74, 6) is -0.770. The van der Waals surface area contributed by atoms with E-state index in [1.807, 2.05) is 6.92 Å². The summed E-state index contributed by atoms with van der Waals surface area (Å²) >= 11 is 0. The topological polar surface area (TPSA) is 121 Å². The lowest BCUT2D eigenvalue weighted by molar-refractivity contribution is -0.137. The highest BCUT2D eigenvalue weighted by Gasteiger charge is 2.62. The van der Waals surface area contributed by atoms with E-state index in [1.165, 1.54) is 11.0 Å². The summed E-state index contributed by atoms with van der Waals surface area (Å²) in [6.07, 6.45) is -1.97. The number of alkyl halides is 3. The Balaban J connectivity index is 1.52. The normalized spacial score (nSPS) is 23.1. The number of halogens is 4. The summed E-state index contributed by atoms with van der Waals surface area (Å²) in [6.45, 7) is 3.69. The zero-order valence-electron chi connectivity index (χ0n) is 19.1. The average molecular weight is 501 g/mol. The fourth-order valence-electron chi connectivity index (χ4n) is 5.25. The van der Waals surface area contributed by atoms with Crippen LogP contribution >= 0.6 is 0 Å². The predicted octanol–water partition coefficient (Wildman–Crippen LogP) is 4.80. The van der Waals surface area contributed by atoms with Gasteiger partial charge in [-0.3, -0.25) is 0 Å². The van der Waals surface area contributed by atoms with Gasteiger partial charge in [0.15, 0.2) is 11.6 Å². The number of hydrogen-bond donors (Lipinski definition) is 1. The van der Waals surface area contributed by atoms with E-state index in [1.54, 1.807) is 13.0 Å². The van der Waals surface area contributed by atoms with Crippen molar-refractivity contribution in [3.05, 3.63) is 53.2 Å². The summed E-state index contributed by atoms with van der Waals surface area (Å²) in [6, 6.07) is 3.19. The Morgan fingerprint density at radius 2 is 2.08 bits per heavy atom. The van der Waals surface area contributed by atoms with Crippen LogP contribution in [0.1, 0.15) is 49.2 Å². The highest BCUT2D eigenvalue weighted by Crippen LogP contribution is 2.55. The number of carbonyl (C=O) groups is 1. The van der Waals surface area contributed by atoms with Gasteiger partial charge in [0, 0.05) is 24.2 Å². The number of piperidine rings is 1. The van der Waals surface area contributed by atoms with Gasteiger partial charge < -0.3 is 14.7 Å². The molecule has 3 atom stereocenters. The summed E-state index contributed by atoms with van der Waals surface area (Å²) < 4.78 is 61.4. The number of nitriles is 1. The third-order valence-corrected chi connectivity index (χ3v) is 6.57. The van der Waals surface area contributed by atoms with E-state index in [9.17, 15) is 22.4 Å².